The number of hydrogen-bond acceptors (Lipinski definition) is 2. The molecule has 2 saturated carbocycles. The van der Waals surface area contributed by atoms with Crippen molar-refractivity contribution in [2.75, 3.05) is 0 Å². The van der Waals surface area contributed by atoms with Crippen LogP contribution >= 0.6 is 11.6 Å². The van der Waals surface area contributed by atoms with Crippen LogP contribution in [-0.2, 0) is 6.42 Å². The Kier molecular flexibility index (Phi) is 4.29. The van der Waals surface area contributed by atoms with Crippen molar-refractivity contribution in [2.24, 2.45) is 23.6 Å². The Morgan fingerprint density at radius 3 is 2.80 bits per heavy atom. The lowest BCUT2D eigenvalue weighted by Gasteiger charge is -2.26. The van der Waals surface area contributed by atoms with Crippen molar-refractivity contribution in [1.29, 1.82) is 0 Å². The zero-order valence-electron chi connectivity index (χ0n) is 11.6. The van der Waals surface area contributed by atoms with Gasteiger partial charge in [-0.1, -0.05) is 24.1 Å². The van der Waals surface area contributed by atoms with Gasteiger partial charge in [0.1, 0.15) is 5.82 Å². The molecule has 0 radical (unpaired) electrons. The number of rotatable bonds is 5. The summed E-state index contributed by atoms with van der Waals surface area (Å²) in [6.07, 6.45) is 7.46. The Labute approximate surface area is 124 Å². The third-order valence-electron chi connectivity index (χ3n) is 5.19. The van der Waals surface area contributed by atoms with E-state index in [1.807, 2.05) is 0 Å². The van der Waals surface area contributed by atoms with Crippen molar-refractivity contribution in [3.63, 3.8) is 0 Å². The van der Waals surface area contributed by atoms with E-state index in [0.29, 0.717) is 5.02 Å². The van der Waals surface area contributed by atoms with Gasteiger partial charge in [0.25, 0.3) is 0 Å². The molecule has 110 valence electrons. The highest BCUT2D eigenvalue weighted by Crippen LogP contribution is 2.50. The maximum absolute atomic E-state index is 13.1. The molecule has 3 N–H and O–H groups in total. The van der Waals surface area contributed by atoms with Crippen LogP contribution in [0.1, 0.15) is 37.7 Å². The number of nitrogens with one attached hydrogen (secondary N) is 1. The van der Waals surface area contributed by atoms with E-state index in [1.165, 1.54) is 37.8 Å². The van der Waals surface area contributed by atoms with Gasteiger partial charge in [-0.25, -0.2) is 4.39 Å². The van der Waals surface area contributed by atoms with E-state index < -0.39 is 0 Å². The van der Waals surface area contributed by atoms with Gasteiger partial charge in [-0.05, 0) is 67.6 Å². The van der Waals surface area contributed by atoms with Crippen LogP contribution in [-0.4, -0.2) is 6.04 Å². The fourth-order valence-corrected chi connectivity index (χ4v) is 4.44. The predicted octanol–water partition coefficient (Wildman–Crippen LogP) is 3.68. The molecule has 2 fully saturated rings. The van der Waals surface area contributed by atoms with Crippen molar-refractivity contribution in [2.45, 2.75) is 44.6 Å². The second kappa shape index (κ2) is 6.00. The number of fused-ring (bicyclic) bond motifs is 2. The molecular weight excluding hydrogens is 275 g/mol. The van der Waals surface area contributed by atoms with E-state index >= 15 is 0 Å². The molecule has 0 heterocycles. The second-order valence-corrected chi connectivity index (χ2v) is 6.88. The molecule has 2 bridgehead atoms. The molecule has 2 nitrogen and oxygen atoms in total. The van der Waals surface area contributed by atoms with E-state index in [4.69, 9.17) is 17.4 Å². The Hall–Kier alpha value is -0.640. The number of nitrogens with two attached hydrogens (primary N) is 1. The van der Waals surface area contributed by atoms with Gasteiger partial charge in [0, 0.05) is 11.1 Å². The number of benzene rings is 1. The summed E-state index contributed by atoms with van der Waals surface area (Å²) in [4.78, 5) is 0. The average molecular weight is 297 g/mol. The third-order valence-corrected chi connectivity index (χ3v) is 5.54. The molecule has 4 unspecified atom stereocenters. The lowest BCUT2D eigenvalue weighted by atomic mass is 9.83. The van der Waals surface area contributed by atoms with E-state index in [2.05, 4.69) is 5.43 Å². The van der Waals surface area contributed by atoms with Gasteiger partial charge < -0.3 is 0 Å². The largest absolute Gasteiger partial charge is 0.271 e. The highest BCUT2D eigenvalue weighted by atomic mass is 35.5. The van der Waals surface area contributed by atoms with Crippen LogP contribution < -0.4 is 11.3 Å². The Bertz CT molecular complexity index is 480. The van der Waals surface area contributed by atoms with Crippen LogP contribution in [0, 0.1) is 23.6 Å². The molecule has 4 atom stereocenters. The molecule has 0 aromatic heterocycles. The highest BCUT2D eigenvalue weighted by molar-refractivity contribution is 6.31. The second-order valence-electron chi connectivity index (χ2n) is 6.47. The van der Waals surface area contributed by atoms with Crippen molar-refractivity contribution in [3.05, 3.63) is 34.6 Å². The maximum atomic E-state index is 13.1. The first-order valence-electron chi connectivity index (χ1n) is 7.55. The molecule has 0 spiro atoms. The van der Waals surface area contributed by atoms with E-state index in [9.17, 15) is 4.39 Å². The van der Waals surface area contributed by atoms with Crippen molar-refractivity contribution < 1.29 is 4.39 Å². The molecule has 4 heteroatoms. The zero-order valence-corrected chi connectivity index (χ0v) is 12.4. The van der Waals surface area contributed by atoms with Crippen molar-refractivity contribution >= 4 is 11.6 Å². The maximum Gasteiger partial charge on any atom is 0.124 e. The molecule has 1 aromatic carbocycles. The monoisotopic (exact) mass is 296 g/mol. The van der Waals surface area contributed by atoms with Crippen LogP contribution in [0.4, 0.5) is 4.39 Å². The van der Waals surface area contributed by atoms with Gasteiger partial charge in [0.2, 0.25) is 0 Å². The summed E-state index contributed by atoms with van der Waals surface area (Å²) in [5.74, 6) is 8.08. The Balaban J connectivity index is 1.62. The molecule has 2 aliphatic rings. The van der Waals surface area contributed by atoms with Crippen molar-refractivity contribution in [3.8, 4) is 0 Å². The van der Waals surface area contributed by atoms with Gasteiger partial charge in [-0.15, -0.1) is 0 Å². The summed E-state index contributed by atoms with van der Waals surface area (Å²) >= 11 is 6.10. The summed E-state index contributed by atoms with van der Waals surface area (Å²) in [5.41, 5.74) is 3.90. The normalized spacial score (nSPS) is 29.9. The topological polar surface area (TPSA) is 38.0 Å². The molecule has 0 saturated heterocycles. The van der Waals surface area contributed by atoms with Gasteiger partial charge in [0.15, 0.2) is 0 Å². The Morgan fingerprint density at radius 1 is 1.35 bits per heavy atom. The molecule has 3 rings (SSSR count). The molecule has 2 aliphatic carbocycles. The number of halogens is 2. The standard InChI is InChI=1S/C16H22ClFN2/c17-16-9-14(18)4-3-12(16)7-15(20-19)8-13-6-10-1-2-11(13)5-10/h3-4,9-11,13,15,20H,1-2,5-8,19H2. The van der Waals surface area contributed by atoms with Gasteiger partial charge >= 0.3 is 0 Å². The first kappa shape index (κ1) is 14.3. The lowest BCUT2D eigenvalue weighted by molar-refractivity contribution is 0.277. The van der Waals surface area contributed by atoms with E-state index in [-0.39, 0.29) is 11.9 Å². The van der Waals surface area contributed by atoms with Gasteiger partial charge in [0.05, 0.1) is 0 Å². The lowest BCUT2D eigenvalue weighted by Crippen LogP contribution is -2.39. The molecular formula is C16H22ClFN2. The molecule has 0 aliphatic heterocycles. The number of hydrogen-bond donors (Lipinski definition) is 2. The first-order valence-corrected chi connectivity index (χ1v) is 7.93. The van der Waals surface area contributed by atoms with Crippen LogP contribution in [0.15, 0.2) is 18.2 Å². The Morgan fingerprint density at radius 2 is 2.20 bits per heavy atom. The quantitative estimate of drug-likeness (QED) is 0.642. The van der Waals surface area contributed by atoms with Crippen LogP contribution in [0.5, 0.6) is 0 Å². The summed E-state index contributed by atoms with van der Waals surface area (Å²) in [5, 5.41) is 0.498. The molecule has 1 aromatic rings. The average Bonchev–Trinajstić information content (AvgIpc) is 3.03. The highest BCUT2D eigenvalue weighted by Gasteiger charge is 2.39. The minimum Gasteiger partial charge on any atom is -0.271 e. The molecule has 0 amide bonds. The van der Waals surface area contributed by atoms with Gasteiger partial charge in [-0.3, -0.25) is 11.3 Å². The van der Waals surface area contributed by atoms with Crippen LogP contribution in [0.3, 0.4) is 0 Å². The van der Waals surface area contributed by atoms with E-state index in [1.54, 1.807) is 6.07 Å². The van der Waals surface area contributed by atoms with E-state index in [0.717, 1.165) is 36.2 Å². The predicted molar refractivity (Wildman–Crippen MR) is 79.8 cm³/mol. The summed E-state index contributed by atoms with van der Waals surface area (Å²) in [7, 11) is 0. The minimum absolute atomic E-state index is 0.224. The van der Waals surface area contributed by atoms with Crippen LogP contribution in [0.25, 0.3) is 0 Å². The van der Waals surface area contributed by atoms with Crippen LogP contribution in [0.2, 0.25) is 5.02 Å². The van der Waals surface area contributed by atoms with Gasteiger partial charge in [-0.2, -0.15) is 0 Å². The third kappa shape index (κ3) is 3.00. The summed E-state index contributed by atoms with van der Waals surface area (Å²) in [6, 6.07) is 4.83. The van der Waals surface area contributed by atoms with Crippen molar-refractivity contribution in [1.82, 2.24) is 5.43 Å². The molecule has 20 heavy (non-hydrogen) atoms. The minimum atomic E-state index is -0.288. The fraction of sp³-hybridized carbons (Fsp3) is 0.625. The number of hydrazine groups is 1. The SMILES string of the molecule is NNC(Cc1ccc(F)cc1Cl)CC1CC2CCC1C2. The summed E-state index contributed by atoms with van der Waals surface area (Å²) in [6.45, 7) is 0. The summed E-state index contributed by atoms with van der Waals surface area (Å²) < 4.78 is 13.1. The first-order chi connectivity index (χ1) is 9.65. The fourth-order valence-electron chi connectivity index (χ4n) is 4.19. The zero-order chi connectivity index (χ0) is 14.1. The smallest absolute Gasteiger partial charge is 0.124 e.